The molecule has 3 heteroatoms. The summed E-state index contributed by atoms with van der Waals surface area (Å²) in [6, 6.07) is 12.5. The zero-order chi connectivity index (χ0) is 15.2. The predicted molar refractivity (Wildman–Crippen MR) is 91.6 cm³/mol. The van der Waals surface area contributed by atoms with E-state index in [0.717, 1.165) is 36.5 Å². The van der Waals surface area contributed by atoms with Gasteiger partial charge in [0, 0.05) is 23.5 Å². The minimum absolute atomic E-state index is 0.490. The fourth-order valence-corrected chi connectivity index (χ4v) is 2.84. The second kappa shape index (κ2) is 7.46. The number of halogens is 1. The molecule has 0 spiro atoms. The Balaban J connectivity index is 2.51. The summed E-state index contributed by atoms with van der Waals surface area (Å²) < 4.78 is 0. The van der Waals surface area contributed by atoms with Gasteiger partial charge in [-0.3, -0.25) is 0 Å². The number of anilines is 2. The van der Waals surface area contributed by atoms with Crippen LogP contribution in [-0.4, -0.2) is 11.5 Å². The van der Waals surface area contributed by atoms with E-state index in [1.54, 1.807) is 0 Å². The fourth-order valence-electron chi connectivity index (χ4n) is 2.51. The lowest BCUT2D eigenvalue weighted by Crippen LogP contribution is -2.21. The first kappa shape index (κ1) is 15.8. The molecule has 0 bridgehead atoms. The highest BCUT2D eigenvalue weighted by atomic mass is 35.5. The molecule has 1 aromatic heterocycles. The quantitative estimate of drug-likeness (QED) is 0.666. The Kier molecular flexibility index (Phi) is 5.63. The lowest BCUT2D eigenvalue weighted by atomic mass is 10.1. The first-order valence-corrected chi connectivity index (χ1v) is 8.06. The van der Waals surface area contributed by atoms with Crippen LogP contribution in [0.2, 0.25) is 0 Å². The molecule has 0 N–H and O–H groups in total. The van der Waals surface area contributed by atoms with Crippen molar-refractivity contribution < 1.29 is 0 Å². The Hall–Kier alpha value is -1.54. The van der Waals surface area contributed by atoms with E-state index in [-0.39, 0.29) is 0 Å². The lowest BCUT2D eigenvalue weighted by Gasteiger charge is -2.27. The summed E-state index contributed by atoms with van der Waals surface area (Å²) in [5.74, 6) is 1.49. The minimum Gasteiger partial charge on any atom is -0.326 e. The van der Waals surface area contributed by atoms with Gasteiger partial charge in [0.1, 0.15) is 5.82 Å². The van der Waals surface area contributed by atoms with Gasteiger partial charge < -0.3 is 4.90 Å². The highest BCUT2D eigenvalue weighted by Crippen LogP contribution is 2.30. The van der Waals surface area contributed by atoms with E-state index in [1.165, 1.54) is 11.3 Å². The molecule has 2 aromatic rings. The molecule has 21 heavy (non-hydrogen) atoms. The first-order valence-electron chi connectivity index (χ1n) is 7.53. The van der Waals surface area contributed by atoms with Crippen molar-refractivity contribution in [3.63, 3.8) is 0 Å². The van der Waals surface area contributed by atoms with Gasteiger partial charge in [-0.2, -0.15) is 0 Å². The van der Waals surface area contributed by atoms with Crippen molar-refractivity contribution >= 4 is 23.1 Å². The molecule has 1 heterocycles. The molecule has 0 fully saturated rings. The van der Waals surface area contributed by atoms with Crippen LogP contribution in [0.5, 0.6) is 0 Å². The van der Waals surface area contributed by atoms with E-state index in [1.807, 2.05) is 13.0 Å². The Bertz CT molecular complexity index is 581. The van der Waals surface area contributed by atoms with E-state index in [4.69, 9.17) is 16.6 Å². The molecule has 0 saturated carbocycles. The van der Waals surface area contributed by atoms with Crippen LogP contribution in [0.3, 0.4) is 0 Å². The highest BCUT2D eigenvalue weighted by molar-refractivity contribution is 6.17. The topological polar surface area (TPSA) is 16.1 Å². The second-order valence-electron chi connectivity index (χ2n) is 5.36. The van der Waals surface area contributed by atoms with Gasteiger partial charge in [0.05, 0.1) is 5.88 Å². The van der Waals surface area contributed by atoms with Crippen LogP contribution >= 0.6 is 11.6 Å². The van der Waals surface area contributed by atoms with Gasteiger partial charge in [-0.25, -0.2) is 4.98 Å². The third-order valence-electron chi connectivity index (χ3n) is 3.65. The molecular weight excluding hydrogens is 280 g/mol. The van der Waals surface area contributed by atoms with Crippen molar-refractivity contribution in [2.45, 2.75) is 39.5 Å². The van der Waals surface area contributed by atoms with Gasteiger partial charge in [-0.1, -0.05) is 31.5 Å². The number of aromatic nitrogens is 1. The number of pyridine rings is 1. The van der Waals surface area contributed by atoms with Crippen LogP contribution < -0.4 is 4.90 Å². The van der Waals surface area contributed by atoms with Gasteiger partial charge >= 0.3 is 0 Å². The molecule has 0 aliphatic carbocycles. The molecule has 0 aliphatic rings. The molecule has 0 aliphatic heterocycles. The van der Waals surface area contributed by atoms with E-state index >= 15 is 0 Å². The van der Waals surface area contributed by atoms with Crippen molar-refractivity contribution in [1.29, 1.82) is 0 Å². The zero-order valence-electron chi connectivity index (χ0n) is 13.1. The highest BCUT2D eigenvalue weighted by Gasteiger charge is 2.16. The standard InChI is InChI=1S/C18H23ClN2/c1-4-5-11-21(16-9-7-6-8-10-16)18-17(13-19)14(2)12-15(3)20-18/h6-10,12H,4-5,11,13H2,1-3H3. The third-order valence-corrected chi connectivity index (χ3v) is 3.91. The predicted octanol–water partition coefficient (Wildman–Crippen LogP) is 5.38. The van der Waals surface area contributed by atoms with Crippen LogP contribution in [0, 0.1) is 13.8 Å². The lowest BCUT2D eigenvalue weighted by molar-refractivity contribution is 0.775. The normalized spacial score (nSPS) is 10.7. The number of unbranched alkanes of at least 4 members (excludes halogenated alkanes) is 1. The number of para-hydroxylation sites is 1. The average molecular weight is 303 g/mol. The van der Waals surface area contributed by atoms with Crippen LogP contribution in [0.1, 0.15) is 36.6 Å². The van der Waals surface area contributed by atoms with Gasteiger partial charge in [0.2, 0.25) is 0 Å². The van der Waals surface area contributed by atoms with Crippen LogP contribution in [0.4, 0.5) is 11.5 Å². The van der Waals surface area contributed by atoms with Crippen LogP contribution in [-0.2, 0) is 5.88 Å². The van der Waals surface area contributed by atoms with Gasteiger partial charge in [0.25, 0.3) is 0 Å². The summed E-state index contributed by atoms with van der Waals surface area (Å²) in [7, 11) is 0. The van der Waals surface area contributed by atoms with Gasteiger partial charge in [-0.05, 0) is 44.0 Å². The third kappa shape index (κ3) is 3.76. The number of aryl methyl sites for hydroxylation is 2. The maximum absolute atomic E-state index is 6.19. The molecule has 0 amide bonds. The number of nitrogens with zero attached hydrogens (tertiary/aromatic N) is 2. The summed E-state index contributed by atoms with van der Waals surface area (Å²) in [5, 5.41) is 0. The van der Waals surface area contributed by atoms with Crippen molar-refractivity contribution in [2.75, 3.05) is 11.4 Å². The van der Waals surface area contributed by atoms with E-state index in [0.29, 0.717) is 5.88 Å². The number of rotatable bonds is 6. The number of hydrogen-bond acceptors (Lipinski definition) is 2. The molecule has 0 atom stereocenters. The number of hydrogen-bond donors (Lipinski definition) is 0. The van der Waals surface area contributed by atoms with Crippen molar-refractivity contribution in [1.82, 2.24) is 4.98 Å². The molecule has 1 aromatic carbocycles. The molecule has 0 radical (unpaired) electrons. The maximum atomic E-state index is 6.19. The summed E-state index contributed by atoms with van der Waals surface area (Å²) in [6.07, 6.45) is 2.29. The SMILES string of the molecule is CCCCN(c1ccccc1)c1nc(C)cc(C)c1CCl. The Morgan fingerprint density at radius 3 is 2.48 bits per heavy atom. The average Bonchev–Trinajstić information content (AvgIpc) is 2.48. The largest absolute Gasteiger partial charge is 0.326 e. The summed E-state index contributed by atoms with van der Waals surface area (Å²) >= 11 is 6.19. The molecule has 0 saturated heterocycles. The maximum Gasteiger partial charge on any atom is 0.137 e. The van der Waals surface area contributed by atoms with Crippen LogP contribution in [0.25, 0.3) is 0 Å². The second-order valence-corrected chi connectivity index (χ2v) is 5.62. The number of alkyl halides is 1. The minimum atomic E-state index is 0.490. The zero-order valence-corrected chi connectivity index (χ0v) is 13.8. The Morgan fingerprint density at radius 2 is 1.86 bits per heavy atom. The van der Waals surface area contributed by atoms with Crippen molar-refractivity contribution in [3.05, 3.63) is 53.2 Å². The van der Waals surface area contributed by atoms with Crippen LogP contribution in [0.15, 0.2) is 36.4 Å². The van der Waals surface area contributed by atoms with E-state index in [2.05, 4.69) is 49.1 Å². The number of benzene rings is 1. The summed E-state index contributed by atoms with van der Waals surface area (Å²) in [4.78, 5) is 7.07. The molecule has 0 unspecified atom stereocenters. The van der Waals surface area contributed by atoms with Crippen molar-refractivity contribution in [2.24, 2.45) is 0 Å². The smallest absolute Gasteiger partial charge is 0.137 e. The Morgan fingerprint density at radius 1 is 1.14 bits per heavy atom. The molecule has 112 valence electrons. The van der Waals surface area contributed by atoms with Gasteiger partial charge in [-0.15, -0.1) is 11.6 Å². The summed E-state index contributed by atoms with van der Waals surface area (Å²) in [6.45, 7) is 7.32. The molecule has 2 nitrogen and oxygen atoms in total. The van der Waals surface area contributed by atoms with Gasteiger partial charge in [0.15, 0.2) is 0 Å². The fraction of sp³-hybridized carbons (Fsp3) is 0.389. The summed E-state index contributed by atoms with van der Waals surface area (Å²) in [5.41, 5.74) is 4.55. The molecule has 2 rings (SSSR count). The van der Waals surface area contributed by atoms with E-state index in [9.17, 15) is 0 Å². The monoisotopic (exact) mass is 302 g/mol. The Labute approximate surface area is 132 Å². The molecular formula is C18H23ClN2. The van der Waals surface area contributed by atoms with Crippen molar-refractivity contribution in [3.8, 4) is 0 Å². The first-order chi connectivity index (χ1) is 10.2. The van der Waals surface area contributed by atoms with E-state index < -0.39 is 0 Å².